The lowest BCUT2D eigenvalue weighted by Crippen LogP contribution is -2.42. The Balaban J connectivity index is 1.76. The van der Waals surface area contributed by atoms with E-state index < -0.39 is 4.33 Å². The number of carbonyl (C=O) groups is 1. The lowest BCUT2D eigenvalue weighted by molar-refractivity contribution is -0.131. The summed E-state index contributed by atoms with van der Waals surface area (Å²) in [6, 6.07) is 0. The Hall–Kier alpha value is 0.210. The van der Waals surface area contributed by atoms with Crippen molar-refractivity contribution in [1.82, 2.24) is 0 Å². The smallest absolute Gasteiger partial charge is 0.197 e. The van der Waals surface area contributed by atoms with Crippen molar-refractivity contribution < 1.29 is 9.53 Å². The van der Waals surface area contributed by atoms with E-state index in [0.29, 0.717) is 24.4 Å². The van der Waals surface area contributed by atoms with Gasteiger partial charge in [0, 0.05) is 0 Å². The first kappa shape index (κ1) is 13.2. The molecule has 4 rings (SSSR count). The van der Waals surface area contributed by atoms with Crippen LogP contribution in [0.2, 0.25) is 0 Å². The van der Waals surface area contributed by atoms with Gasteiger partial charge >= 0.3 is 0 Å². The molecule has 3 saturated carbocycles. The van der Waals surface area contributed by atoms with Crippen LogP contribution in [0.25, 0.3) is 0 Å². The number of alkyl halides is 2. The third kappa shape index (κ3) is 2.01. The Morgan fingerprint density at radius 1 is 1.28 bits per heavy atom. The van der Waals surface area contributed by atoms with E-state index in [4.69, 9.17) is 27.9 Å². The number of ether oxygens (including phenoxy) is 1. The summed E-state index contributed by atoms with van der Waals surface area (Å²) in [6.07, 6.45) is 6.07. The Labute approximate surface area is 118 Å². The fourth-order valence-corrected chi connectivity index (χ4v) is 4.79. The molecule has 0 N–H and O–H groups in total. The Kier molecular flexibility index (Phi) is 3.41. The van der Waals surface area contributed by atoms with Crippen molar-refractivity contribution in [3.8, 4) is 0 Å². The van der Waals surface area contributed by atoms with Gasteiger partial charge in [0.1, 0.15) is 6.10 Å². The number of Topliss-reactive ketones (excluding diaryl/α,β-unsaturated/α-hetero) is 1. The Morgan fingerprint density at radius 3 is 2.67 bits per heavy atom. The molecule has 5 atom stereocenters. The zero-order valence-corrected chi connectivity index (χ0v) is 12.2. The average Bonchev–Trinajstić information content (AvgIpc) is 2.60. The molecule has 18 heavy (non-hydrogen) atoms. The molecule has 0 aromatic carbocycles. The third-order valence-electron chi connectivity index (χ3n) is 5.00. The minimum absolute atomic E-state index is 0.0901. The molecule has 0 spiro atoms. The van der Waals surface area contributed by atoms with Crippen molar-refractivity contribution in [2.24, 2.45) is 17.8 Å². The van der Waals surface area contributed by atoms with Gasteiger partial charge in [-0.15, -0.1) is 0 Å². The van der Waals surface area contributed by atoms with Crippen LogP contribution in [-0.4, -0.2) is 22.3 Å². The lowest BCUT2D eigenvalue weighted by atomic mass is 9.63. The first-order valence-corrected chi connectivity index (χ1v) is 7.86. The number of carbonyl (C=O) groups excluding carboxylic acids is 1. The van der Waals surface area contributed by atoms with Crippen LogP contribution in [0, 0.1) is 17.8 Å². The highest BCUT2D eigenvalue weighted by molar-refractivity contribution is 6.58. The first-order valence-electron chi connectivity index (χ1n) is 7.10. The van der Waals surface area contributed by atoms with Gasteiger partial charge in [0.05, 0.1) is 6.10 Å². The number of rotatable bonds is 4. The van der Waals surface area contributed by atoms with Crippen molar-refractivity contribution in [3.05, 3.63) is 0 Å². The number of hydrogen-bond donors (Lipinski definition) is 0. The summed E-state index contributed by atoms with van der Waals surface area (Å²) < 4.78 is 4.74. The van der Waals surface area contributed by atoms with E-state index in [2.05, 4.69) is 0 Å². The van der Waals surface area contributed by atoms with Crippen molar-refractivity contribution in [1.29, 1.82) is 0 Å². The van der Waals surface area contributed by atoms with Gasteiger partial charge in [0.2, 0.25) is 0 Å². The topological polar surface area (TPSA) is 26.3 Å². The van der Waals surface area contributed by atoms with Crippen LogP contribution in [0.1, 0.15) is 45.4 Å². The molecule has 1 saturated heterocycles. The van der Waals surface area contributed by atoms with Gasteiger partial charge in [0.15, 0.2) is 10.1 Å². The van der Waals surface area contributed by atoms with Crippen LogP contribution < -0.4 is 0 Å². The molecular formula is C14H20Cl2O2. The van der Waals surface area contributed by atoms with Crippen molar-refractivity contribution in [2.75, 3.05) is 0 Å². The predicted octanol–water partition coefficient (Wildman–Crippen LogP) is 3.73. The fraction of sp³-hybridized carbons (Fsp3) is 0.929. The molecule has 1 heterocycles. The maximum absolute atomic E-state index is 12.5. The second-order valence-electron chi connectivity index (χ2n) is 6.16. The van der Waals surface area contributed by atoms with Crippen LogP contribution in [0.3, 0.4) is 0 Å². The minimum atomic E-state index is -1.25. The van der Waals surface area contributed by atoms with Crippen molar-refractivity contribution >= 4 is 29.0 Å². The van der Waals surface area contributed by atoms with E-state index in [1.807, 2.05) is 6.92 Å². The van der Waals surface area contributed by atoms with Crippen LogP contribution in [0.4, 0.5) is 0 Å². The summed E-state index contributed by atoms with van der Waals surface area (Å²) in [5, 5.41) is 0. The molecular weight excluding hydrogens is 271 g/mol. The molecule has 102 valence electrons. The maximum Gasteiger partial charge on any atom is 0.197 e. The number of hydrogen-bond acceptors (Lipinski definition) is 2. The number of ketones is 1. The molecule has 4 aliphatic rings. The van der Waals surface area contributed by atoms with Crippen LogP contribution >= 0.6 is 23.2 Å². The Morgan fingerprint density at radius 2 is 2.06 bits per heavy atom. The zero-order chi connectivity index (χ0) is 12.9. The second kappa shape index (κ2) is 4.64. The molecule has 4 heteroatoms. The van der Waals surface area contributed by atoms with Gasteiger partial charge in [0.25, 0.3) is 0 Å². The molecule has 1 aliphatic heterocycles. The van der Waals surface area contributed by atoms with Crippen LogP contribution in [0.15, 0.2) is 0 Å². The summed E-state index contributed by atoms with van der Waals surface area (Å²) in [4.78, 5) is 12.5. The molecule has 4 bridgehead atoms. The maximum atomic E-state index is 12.5. The minimum Gasteiger partial charge on any atom is -0.366 e. The van der Waals surface area contributed by atoms with Gasteiger partial charge in [-0.2, -0.15) is 0 Å². The highest BCUT2D eigenvalue weighted by atomic mass is 35.5. The quantitative estimate of drug-likeness (QED) is 0.738. The Bertz CT molecular complexity index is 356. The molecule has 5 unspecified atom stereocenters. The molecule has 0 aromatic heterocycles. The van der Waals surface area contributed by atoms with Gasteiger partial charge < -0.3 is 4.74 Å². The number of fused-ring (bicyclic) bond motifs is 1. The van der Waals surface area contributed by atoms with Crippen molar-refractivity contribution in [2.45, 2.75) is 62.0 Å². The second-order valence-corrected chi connectivity index (χ2v) is 7.64. The molecule has 2 nitrogen and oxygen atoms in total. The van der Waals surface area contributed by atoms with E-state index in [1.165, 1.54) is 12.8 Å². The predicted molar refractivity (Wildman–Crippen MR) is 72.0 cm³/mol. The summed E-state index contributed by atoms with van der Waals surface area (Å²) in [7, 11) is 0. The van der Waals surface area contributed by atoms with Gasteiger partial charge in [-0.3, -0.25) is 4.79 Å². The fourth-order valence-electron chi connectivity index (χ4n) is 4.19. The normalized spacial score (nSPS) is 42.3. The monoisotopic (exact) mass is 290 g/mol. The highest BCUT2D eigenvalue weighted by Crippen LogP contribution is 2.54. The zero-order valence-electron chi connectivity index (χ0n) is 10.7. The van der Waals surface area contributed by atoms with Gasteiger partial charge in [-0.25, -0.2) is 0 Å². The van der Waals surface area contributed by atoms with E-state index in [0.717, 1.165) is 25.2 Å². The highest BCUT2D eigenvalue weighted by Gasteiger charge is 2.56. The van der Waals surface area contributed by atoms with E-state index in [-0.39, 0.29) is 11.9 Å². The van der Waals surface area contributed by atoms with Crippen LogP contribution in [0.5, 0.6) is 0 Å². The molecule has 0 amide bonds. The van der Waals surface area contributed by atoms with Crippen molar-refractivity contribution in [3.63, 3.8) is 0 Å². The summed E-state index contributed by atoms with van der Waals surface area (Å²) in [5.41, 5.74) is 0. The summed E-state index contributed by atoms with van der Waals surface area (Å²) in [6.45, 7) is 1.99. The molecule has 0 radical (unpaired) electrons. The largest absolute Gasteiger partial charge is 0.366 e. The standard InChI is InChI=1S/C14H20Cl2O2/c1-2-5-14(15,16)13(17)12-10-6-8-3-4-9(10)11(7-8)18-12/h8-12H,2-7H2,1H3. The van der Waals surface area contributed by atoms with E-state index >= 15 is 0 Å². The average molecular weight is 291 g/mol. The summed E-state index contributed by atoms with van der Waals surface area (Å²) >= 11 is 12.4. The van der Waals surface area contributed by atoms with E-state index in [1.54, 1.807) is 0 Å². The molecule has 0 aromatic rings. The third-order valence-corrected chi connectivity index (χ3v) is 5.75. The number of halogens is 2. The van der Waals surface area contributed by atoms with Gasteiger partial charge in [-0.05, 0) is 49.9 Å². The van der Waals surface area contributed by atoms with Gasteiger partial charge in [-0.1, -0.05) is 36.5 Å². The van der Waals surface area contributed by atoms with E-state index in [9.17, 15) is 4.79 Å². The van der Waals surface area contributed by atoms with Crippen LogP contribution in [-0.2, 0) is 9.53 Å². The lowest BCUT2D eigenvalue weighted by Gasteiger charge is -2.40. The first-order chi connectivity index (χ1) is 8.53. The summed E-state index contributed by atoms with van der Waals surface area (Å²) in [5.74, 6) is 1.63. The SMILES string of the molecule is CCCC(Cl)(Cl)C(=O)C1OC2CC3CCC2C1C3. The molecule has 4 fully saturated rings. The molecule has 3 aliphatic carbocycles.